The molecular weight excluding hydrogens is 248 g/mol. The minimum Gasteiger partial charge on any atom is -0.374 e. The van der Waals surface area contributed by atoms with Gasteiger partial charge in [0.1, 0.15) is 5.69 Å². The molecule has 1 atom stereocenters. The van der Waals surface area contributed by atoms with Gasteiger partial charge in [0.15, 0.2) is 0 Å². The molecule has 1 aromatic rings. The van der Waals surface area contributed by atoms with Gasteiger partial charge in [-0.05, 0) is 43.5 Å². The van der Waals surface area contributed by atoms with E-state index >= 15 is 0 Å². The summed E-state index contributed by atoms with van der Waals surface area (Å²) in [5, 5.41) is 0. The lowest BCUT2D eigenvalue weighted by atomic mass is 10.0. The third kappa shape index (κ3) is 1.90. The smallest absolute Gasteiger partial charge is 0.253 e. The molecule has 0 unspecified atom stereocenters. The number of nitrogens with zero attached hydrogens (tertiary/aromatic N) is 4. The van der Waals surface area contributed by atoms with Crippen molar-refractivity contribution < 1.29 is 0 Å². The van der Waals surface area contributed by atoms with Gasteiger partial charge in [-0.1, -0.05) is 19.2 Å². The molecule has 4 heteroatoms. The zero-order valence-corrected chi connectivity index (χ0v) is 12.5. The predicted octanol–water partition coefficient (Wildman–Crippen LogP) is 3.67. The van der Waals surface area contributed by atoms with E-state index in [1.807, 2.05) is 23.8 Å². The molecule has 0 aliphatic carbocycles. The number of hydrogen-bond acceptors (Lipinski definition) is 2. The van der Waals surface area contributed by atoms with Crippen molar-refractivity contribution in [2.24, 2.45) is 0 Å². The minimum atomic E-state index is -0.0249. The summed E-state index contributed by atoms with van der Waals surface area (Å²) in [5.74, 6) is 0.842. The van der Waals surface area contributed by atoms with Crippen LogP contribution in [0.4, 0.5) is 5.69 Å². The van der Waals surface area contributed by atoms with Crippen LogP contribution in [-0.4, -0.2) is 18.1 Å². The molecule has 1 aliphatic heterocycles. The maximum absolute atomic E-state index is 7.43. The molecule has 2 rings (SSSR count). The van der Waals surface area contributed by atoms with Crippen LogP contribution in [-0.2, 0) is 0 Å². The topological polar surface area (TPSA) is 15.2 Å². The van der Waals surface area contributed by atoms with Gasteiger partial charge in [0, 0.05) is 6.92 Å². The molecule has 0 saturated heterocycles. The van der Waals surface area contributed by atoms with Crippen molar-refractivity contribution in [2.45, 2.75) is 33.9 Å². The predicted molar refractivity (Wildman–Crippen MR) is 80.6 cm³/mol. The summed E-state index contributed by atoms with van der Waals surface area (Å²) in [6, 6.07) is 4.23. The maximum atomic E-state index is 7.43. The highest BCUT2D eigenvalue weighted by Gasteiger charge is 2.39. The quantitative estimate of drug-likeness (QED) is 0.720. The Hall–Kier alpha value is -2.46. The molecule has 0 spiro atoms. The van der Waals surface area contributed by atoms with Crippen LogP contribution in [0.2, 0.25) is 0 Å². The van der Waals surface area contributed by atoms with E-state index in [2.05, 4.69) is 42.6 Å². The number of benzene rings is 1. The first kappa shape index (κ1) is 14.0. The van der Waals surface area contributed by atoms with E-state index in [-0.39, 0.29) is 6.17 Å². The third-order valence-corrected chi connectivity index (χ3v) is 3.95. The second-order valence-electron chi connectivity index (χ2n) is 5.21. The second kappa shape index (κ2) is 4.90. The zero-order chi connectivity index (χ0) is 15.0. The highest BCUT2D eigenvalue weighted by atomic mass is 15.5. The molecule has 0 saturated carbocycles. The molecule has 0 radical (unpaired) electrons. The largest absolute Gasteiger partial charge is 0.374 e. The minimum absolute atomic E-state index is 0.0249. The van der Waals surface area contributed by atoms with E-state index in [0.717, 1.165) is 11.3 Å². The standard InChI is InChI=1S/C16H18N4/c1-10-8-11(2)12(3)14(9-10)20-13(4)19(7)15(17-5)16(20)18-6/h8-9,13H,1-4,7H3/t13-/m0/s1. The van der Waals surface area contributed by atoms with Crippen LogP contribution in [0.5, 0.6) is 0 Å². The Kier molecular flexibility index (Phi) is 3.42. The van der Waals surface area contributed by atoms with Crippen LogP contribution in [0.1, 0.15) is 23.6 Å². The SMILES string of the molecule is [C-]#[N+]C1=C([N+]#[C-])N(c2cc(C)cc(C)c2C)[C@@H](C)N1C. The van der Waals surface area contributed by atoms with Gasteiger partial charge in [-0.3, -0.25) is 4.90 Å². The first-order valence-electron chi connectivity index (χ1n) is 6.51. The van der Waals surface area contributed by atoms with Gasteiger partial charge in [-0.25, -0.2) is 0 Å². The van der Waals surface area contributed by atoms with E-state index in [1.54, 1.807) is 0 Å². The van der Waals surface area contributed by atoms with Crippen LogP contribution in [0.15, 0.2) is 23.8 Å². The molecule has 0 N–H and O–H groups in total. The van der Waals surface area contributed by atoms with E-state index in [0.29, 0.717) is 11.6 Å². The fourth-order valence-electron chi connectivity index (χ4n) is 2.61. The fourth-order valence-corrected chi connectivity index (χ4v) is 2.61. The normalized spacial score (nSPS) is 18.2. The third-order valence-electron chi connectivity index (χ3n) is 3.95. The number of rotatable bonds is 1. The molecule has 20 heavy (non-hydrogen) atoms. The van der Waals surface area contributed by atoms with E-state index in [1.165, 1.54) is 11.1 Å². The fraction of sp³-hybridized carbons (Fsp3) is 0.375. The molecule has 0 amide bonds. The number of anilines is 1. The Morgan fingerprint density at radius 3 is 2.20 bits per heavy atom. The summed E-state index contributed by atoms with van der Waals surface area (Å²) >= 11 is 0. The van der Waals surface area contributed by atoms with Crippen LogP contribution in [0.3, 0.4) is 0 Å². The first-order chi connectivity index (χ1) is 9.42. The van der Waals surface area contributed by atoms with Gasteiger partial charge in [-0.15, -0.1) is 0 Å². The van der Waals surface area contributed by atoms with Crippen LogP contribution in [0.25, 0.3) is 9.69 Å². The molecule has 0 aromatic heterocycles. The summed E-state index contributed by atoms with van der Waals surface area (Å²) in [4.78, 5) is 10.9. The zero-order valence-electron chi connectivity index (χ0n) is 12.5. The van der Waals surface area contributed by atoms with Gasteiger partial charge >= 0.3 is 0 Å². The van der Waals surface area contributed by atoms with Crippen LogP contribution in [0, 0.1) is 33.9 Å². The Morgan fingerprint density at radius 2 is 1.65 bits per heavy atom. The van der Waals surface area contributed by atoms with Crippen molar-refractivity contribution in [1.29, 1.82) is 0 Å². The van der Waals surface area contributed by atoms with Gasteiger partial charge < -0.3 is 14.6 Å². The molecule has 102 valence electrons. The lowest BCUT2D eigenvalue weighted by Gasteiger charge is -2.25. The van der Waals surface area contributed by atoms with Crippen molar-refractivity contribution in [3.05, 3.63) is 63.3 Å². The summed E-state index contributed by atoms with van der Waals surface area (Å²) in [6.45, 7) is 22.9. The van der Waals surface area contributed by atoms with E-state index < -0.39 is 0 Å². The summed E-state index contributed by atoms with van der Waals surface area (Å²) in [5.41, 5.74) is 4.55. The molecule has 0 bridgehead atoms. The summed E-state index contributed by atoms with van der Waals surface area (Å²) < 4.78 is 0. The average molecular weight is 266 g/mol. The van der Waals surface area contributed by atoms with E-state index in [4.69, 9.17) is 13.1 Å². The van der Waals surface area contributed by atoms with Crippen LogP contribution >= 0.6 is 0 Å². The van der Waals surface area contributed by atoms with Gasteiger partial charge in [0.05, 0.1) is 7.05 Å². The first-order valence-corrected chi connectivity index (χ1v) is 6.51. The molecular formula is C16H18N4. The Morgan fingerprint density at radius 1 is 1.05 bits per heavy atom. The monoisotopic (exact) mass is 266 g/mol. The van der Waals surface area contributed by atoms with Crippen molar-refractivity contribution in [3.8, 4) is 0 Å². The van der Waals surface area contributed by atoms with Gasteiger partial charge in [0.25, 0.3) is 5.82 Å². The highest BCUT2D eigenvalue weighted by Crippen LogP contribution is 2.37. The lowest BCUT2D eigenvalue weighted by molar-refractivity contribution is 0.364. The average Bonchev–Trinajstić information content (AvgIpc) is 2.65. The Balaban J connectivity index is 2.68. The molecule has 1 aromatic carbocycles. The number of hydrogen-bond donors (Lipinski definition) is 0. The van der Waals surface area contributed by atoms with Crippen molar-refractivity contribution >= 4 is 5.69 Å². The Labute approximate surface area is 120 Å². The lowest BCUT2D eigenvalue weighted by Crippen LogP contribution is -2.35. The second-order valence-corrected chi connectivity index (χ2v) is 5.21. The van der Waals surface area contributed by atoms with Crippen LogP contribution < -0.4 is 4.90 Å². The molecule has 4 nitrogen and oxygen atoms in total. The summed E-state index contributed by atoms with van der Waals surface area (Å²) in [6.07, 6.45) is -0.0249. The molecule has 1 heterocycles. The van der Waals surface area contributed by atoms with Gasteiger partial charge in [0.2, 0.25) is 12.0 Å². The van der Waals surface area contributed by atoms with Crippen molar-refractivity contribution in [2.75, 3.05) is 11.9 Å². The van der Waals surface area contributed by atoms with Crippen molar-refractivity contribution in [3.63, 3.8) is 0 Å². The van der Waals surface area contributed by atoms with E-state index in [9.17, 15) is 0 Å². The number of aryl methyl sites for hydroxylation is 2. The Bertz CT molecular complexity index is 673. The summed E-state index contributed by atoms with van der Waals surface area (Å²) in [7, 11) is 1.86. The van der Waals surface area contributed by atoms with Gasteiger partial charge in [-0.2, -0.15) is 0 Å². The molecule has 0 fully saturated rings. The maximum Gasteiger partial charge on any atom is 0.253 e. The highest BCUT2D eigenvalue weighted by molar-refractivity contribution is 5.65. The molecule has 1 aliphatic rings. The van der Waals surface area contributed by atoms with Crippen molar-refractivity contribution in [1.82, 2.24) is 4.90 Å².